The van der Waals surface area contributed by atoms with Crippen molar-refractivity contribution in [2.45, 2.75) is 32.4 Å². The second kappa shape index (κ2) is 6.72. The van der Waals surface area contributed by atoms with Crippen LogP contribution >= 0.6 is 0 Å². The summed E-state index contributed by atoms with van der Waals surface area (Å²) in [5.41, 5.74) is 1.38. The predicted octanol–water partition coefficient (Wildman–Crippen LogP) is 2.51. The quantitative estimate of drug-likeness (QED) is 0.818. The van der Waals surface area contributed by atoms with E-state index in [4.69, 9.17) is 4.74 Å². The van der Waals surface area contributed by atoms with Crippen LogP contribution in [0.5, 0.6) is 5.75 Å². The summed E-state index contributed by atoms with van der Waals surface area (Å²) in [5, 5.41) is 4.17. The number of likely N-dealkylation sites (tertiary alicyclic amines) is 1. The smallest absolute Gasteiger partial charge is 0.137 e. The lowest BCUT2D eigenvalue weighted by Crippen LogP contribution is -2.27. The van der Waals surface area contributed by atoms with Crippen LogP contribution < -0.4 is 4.74 Å². The van der Waals surface area contributed by atoms with E-state index in [-0.39, 0.29) is 0 Å². The van der Waals surface area contributed by atoms with Crippen molar-refractivity contribution in [3.63, 3.8) is 0 Å². The van der Waals surface area contributed by atoms with Gasteiger partial charge in [0.15, 0.2) is 0 Å². The van der Waals surface area contributed by atoms with E-state index in [0.717, 1.165) is 25.4 Å². The lowest BCUT2D eigenvalue weighted by atomic mass is 10.0. The average molecular weight is 286 g/mol. The second-order valence-corrected chi connectivity index (χ2v) is 5.35. The van der Waals surface area contributed by atoms with Gasteiger partial charge in [0.25, 0.3) is 0 Å². The summed E-state index contributed by atoms with van der Waals surface area (Å²) in [4.78, 5) is 6.53. The largest absolute Gasteiger partial charge is 0.494 e. The van der Waals surface area contributed by atoms with Gasteiger partial charge in [0, 0.05) is 12.6 Å². The number of benzene rings is 1. The fourth-order valence-corrected chi connectivity index (χ4v) is 3.00. The minimum atomic E-state index is 0.518. The second-order valence-electron chi connectivity index (χ2n) is 5.35. The fraction of sp³-hybridized carbons (Fsp3) is 0.500. The van der Waals surface area contributed by atoms with Crippen LogP contribution in [0.25, 0.3) is 0 Å². The molecule has 21 heavy (non-hydrogen) atoms. The highest BCUT2D eigenvalue weighted by Gasteiger charge is 2.25. The molecule has 0 radical (unpaired) electrons. The third kappa shape index (κ3) is 3.42. The van der Waals surface area contributed by atoms with Crippen molar-refractivity contribution in [3.05, 3.63) is 42.5 Å². The van der Waals surface area contributed by atoms with Crippen LogP contribution in [0, 0.1) is 0 Å². The third-order valence-corrected chi connectivity index (χ3v) is 4.02. The standard InChI is InChI=1S/C16H22N4O/c1-2-21-15-7-5-14(6-8-15)16-4-3-9-19(16)10-11-20-13-17-12-18-20/h5-8,12-13,16H,2-4,9-11H2,1H3. The maximum absolute atomic E-state index is 5.51. The van der Waals surface area contributed by atoms with E-state index < -0.39 is 0 Å². The molecule has 112 valence electrons. The predicted molar refractivity (Wildman–Crippen MR) is 81.2 cm³/mol. The van der Waals surface area contributed by atoms with Gasteiger partial charge in [0.05, 0.1) is 13.2 Å². The number of hydrogen-bond donors (Lipinski definition) is 0. The van der Waals surface area contributed by atoms with E-state index in [1.807, 2.05) is 11.6 Å². The molecule has 1 fully saturated rings. The van der Waals surface area contributed by atoms with E-state index in [1.54, 1.807) is 12.7 Å². The zero-order chi connectivity index (χ0) is 14.5. The molecule has 0 aliphatic carbocycles. The maximum atomic E-state index is 5.51. The Hall–Kier alpha value is -1.88. The first kappa shape index (κ1) is 14.1. The Morgan fingerprint density at radius 3 is 2.81 bits per heavy atom. The summed E-state index contributed by atoms with van der Waals surface area (Å²) in [6.45, 7) is 5.80. The van der Waals surface area contributed by atoms with E-state index in [2.05, 4.69) is 39.2 Å². The minimum absolute atomic E-state index is 0.518. The lowest BCUT2D eigenvalue weighted by molar-refractivity contribution is 0.242. The summed E-state index contributed by atoms with van der Waals surface area (Å²) < 4.78 is 7.41. The van der Waals surface area contributed by atoms with Gasteiger partial charge in [0.2, 0.25) is 0 Å². The molecular weight excluding hydrogens is 264 g/mol. The number of nitrogens with zero attached hydrogens (tertiary/aromatic N) is 4. The van der Waals surface area contributed by atoms with Gasteiger partial charge in [-0.25, -0.2) is 4.98 Å². The van der Waals surface area contributed by atoms with Crippen molar-refractivity contribution < 1.29 is 4.74 Å². The molecule has 0 bridgehead atoms. The van der Waals surface area contributed by atoms with Gasteiger partial charge in [-0.1, -0.05) is 12.1 Å². The van der Waals surface area contributed by atoms with Crippen molar-refractivity contribution in [2.75, 3.05) is 19.7 Å². The molecule has 1 aromatic carbocycles. The summed E-state index contributed by atoms with van der Waals surface area (Å²) in [7, 11) is 0. The Balaban J connectivity index is 1.62. The number of ether oxygens (including phenoxy) is 1. The molecule has 1 aliphatic rings. The first-order valence-corrected chi connectivity index (χ1v) is 7.66. The zero-order valence-corrected chi connectivity index (χ0v) is 12.5. The van der Waals surface area contributed by atoms with Crippen LogP contribution in [0.2, 0.25) is 0 Å². The summed E-state index contributed by atoms with van der Waals surface area (Å²) in [5.74, 6) is 0.952. The first-order chi connectivity index (χ1) is 10.4. The van der Waals surface area contributed by atoms with E-state index in [0.29, 0.717) is 12.6 Å². The number of rotatable bonds is 6. The molecule has 0 amide bonds. The molecule has 1 unspecified atom stereocenters. The molecule has 2 heterocycles. The van der Waals surface area contributed by atoms with Gasteiger partial charge < -0.3 is 4.74 Å². The molecule has 1 atom stereocenters. The highest BCUT2D eigenvalue weighted by molar-refractivity contribution is 5.29. The Bertz CT molecular complexity index is 538. The van der Waals surface area contributed by atoms with Crippen molar-refractivity contribution >= 4 is 0 Å². The fourth-order valence-electron chi connectivity index (χ4n) is 3.00. The van der Waals surface area contributed by atoms with Gasteiger partial charge in [-0.3, -0.25) is 9.58 Å². The Labute approximate surface area is 125 Å². The van der Waals surface area contributed by atoms with Crippen LogP contribution in [0.4, 0.5) is 0 Å². The molecule has 5 heteroatoms. The van der Waals surface area contributed by atoms with Crippen LogP contribution in [-0.2, 0) is 6.54 Å². The lowest BCUT2D eigenvalue weighted by Gasteiger charge is -2.24. The summed E-state index contributed by atoms with van der Waals surface area (Å²) >= 11 is 0. The maximum Gasteiger partial charge on any atom is 0.137 e. The van der Waals surface area contributed by atoms with Crippen LogP contribution in [0.15, 0.2) is 36.9 Å². The first-order valence-electron chi connectivity index (χ1n) is 7.66. The normalized spacial score (nSPS) is 19.0. The van der Waals surface area contributed by atoms with Gasteiger partial charge >= 0.3 is 0 Å². The molecule has 0 spiro atoms. The van der Waals surface area contributed by atoms with E-state index in [1.165, 1.54) is 18.4 Å². The van der Waals surface area contributed by atoms with Crippen molar-refractivity contribution in [1.82, 2.24) is 19.7 Å². The topological polar surface area (TPSA) is 43.2 Å². The molecule has 5 nitrogen and oxygen atoms in total. The molecule has 0 saturated carbocycles. The van der Waals surface area contributed by atoms with Gasteiger partial charge in [-0.05, 0) is 44.0 Å². The zero-order valence-electron chi connectivity index (χ0n) is 12.5. The molecule has 2 aromatic rings. The number of aromatic nitrogens is 3. The van der Waals surface area contributed by atoms with Crippen molar-refractivity contribution in [1.29, 1.82) is 0 Å². The van der Waals surface area contributed by atoms with E-state index >= 15 is 0 Å². The van der Waals surface area contributed by atoms with Crippen LogP contribution in [0.1, 0.15) is 31.4 Å². The average Bonchev–Trinajstić information content (AvgIpc) is 3.18. The molecular formula is C16H22N4O. The Morgan fingerprint density at radius 2 is 2.10 bits per heavy atom. The molecule has 1 saturated heterocycles. The minimum Gasteiger partial charge on any atom is -0.494 e. The Kier molecular flexibility index (Phi) is 4.50. The third-order valence-electron chi connectivity index (χ3n) is 4.02. The van der Waals surface area contributed by atoms with Crippen LogP contribution in [0.3, 0.4) is 0 Å². The summed E-state index contributed by atoms with van der Waals surface area (Å²) in [6, 6.07) is 9.07. The van der Waals surface area contributed by atoms with Gasteiger partial charge in [0.1, 0.15) is 18.4 Å². The highest BCUT2D eigenvalue weighted by Crippen LogP contribution is 2.32. The SMILES string of the molecule is CCOc1ccc(C2CCCN2CCn2cncn2)cc1. The Morgan fingerprint density at radius 1 is 1.24 bits per heavy atom. The van der Waals surface area contributed by atoms with Crippen LogP contribution in [-0.4, -0.2) is 39.4 Å². The van der Waals surface area contributed by atoms with Gasteiger partial charge in [-0.2, -0.15) is 5.10 Å². The highest BCUT2D eigenvalue weighted by atomic mass is 16.5. The number of hydrogen-bond acceptors (Lipinski definition) is 4. The van der Waals surface area contributed by atoms with Crippen molar-refractivity contribution in [3.8, 4) is 5.75 Å². The monoisotopic (exact) mass is 286 g/mol. The summed E-state index contributed by atoms with van der Waals surface area (Å²) in [6.07, 6.45) is 5.86. The molecule has 0 N–H and O–H groups in total. The van der Waals surface area contributed by atoms with E-state index in [9.17, 15) is 0 Å². The van der Waals surface area contributed by atoms with Crippen molar-refractivity contribution in [2.24, 2.45) is 0 Å². The molecule has 1 aromatic heterocycles. The molecule has 1 aliphatic heterocycles. The molecule has 3 rings (SSSR count). The van der Waals surface area contributed by atoms with Gasteiger partial charge in [-0.15, -0.1) is 0 Å².